The highest BCUT2D eigenvalue weighted by Crippen LogP contribution is 2.33. The van der Waals surface area contributed by atoms with Crippen molar-refractivity contribution in [3.8, 4) is 0 Å². The second-order valence-corrected chi connectivity index (χ2v) is 7.24. The number of rotatable bonds is 4. The predicted molar refractivity (Wildman–Crippen MR) is 90.0 cm³/mol. The summed E-state index contributed by atoms with van der Waals surface area (Å²) < 4.78 is 42.5. The van der Waals surface area contributed by atoms with E-state index in [4.69, 9.17) is 4.42 Å². The van der Waals surface area contributed by atoms with Gasteiger partial charge in [-0.2, -0.15) is 13.2 Å². The molecule has 2 aromatic rings. The number of alkyl halides is 3. The lowest BCUT2D eigenvalue weighted by atomic mass is 9.96. The second-order valence-electron chi connectivity index (χ2n) is 5.94. The van der Waals surface area contributed by atoms with Crippen molar-refractivity contribution >= 4 is 17.7 Å². The van der Waals surface area contributed by atoms with Crippen LogP contribution in [0.4, 0.5) is 13.2 Å². The van der Waals surface area contributed by atoms with Gasteiger partial charge in [-0.3, -0.25) is 4.79 Å². The minimum atomic E-state index is -4.64. The van der Waals surface area contributed by atoms with Gasteiger partial charge in [0.05, 0.1) is 5.56 Å². The zero-order valence-corrected chi connectivity index (χ0v) is 14.9. The van der Waals surface area contributed by atoms with Crippen LogP contribution in [0.25, 0.3) is 0 Å². The number of carbonyl (C=O) groups is 1. The van der Waals surface area contributed by atoms with Crippen LogP contribution < -0.4 is 0 Å². The standard InChI is InChI=1S/C17H18F3N3O2S/c1-2-26-13-6-4-3-5-12(13)15(24)23-9-7-11(8-10-23)14-21-22-16(25-14)17(18,19)20/h3-6,11H,2,7-10H2,1H3. The number of piperidine rings is 1. The first kappa shape index (κ1) is 18.8. The molecule has 0 aliphatic carbocycles. The molecule has 26 heavy (non-hydrogen) atoms. The first-order valence-electron chi connectivity index (χ1n) is 8.32. The molecule has 1 amide bonds. The highest BCUT2D eigenvalue weighted by molar-refractivity contribution is 7.99. The Kier molecular flexibility index (Phi) is 5.55. The Hall–Kier alpha value is -2.03. The molecule has 0 N–H and O–H groups in total. The summed E-state index contributed by atoms with van der Waals surface area (Å²) in [5.41, 5.74) is 0.662. The van der Waals surface area contributed by atoms with E-state index < -0.39 is 12.1 Å². The summed E-state index contributed by atoms with van der Waals surface area (Å²) in [6, 6.07) is 7.46. The van der Waals surface area contributed by atoms with Gasteiger partial charge >= 0.3 is 12.1 Å². The van der Waals surface area contributed by atoms with Crippen molar-refractivity contribution < 1.29 is 22.4 Å². The van der Waals surface area contributed by atoms with Gasteiger partial charge in [0.25, 0.3) is 5.91 Å². The van der Waals surface area contributed by atoms with E-state index in [-0.39, 0.29) is 17.7 Å². The fourth-order valence-electron chi connectivity index (χ4n) is 2.94. The first-order valence-corrected chi connectivity index (χ1v) is 9.30. The van der Waals surface area contributed by atoms with Crippen LogP contribution in [0.15, 0.2) is 33.6 Å². The Balaban J connectivity index is 1.65. The number of hydrogen-bond acceptors (Lipinski definition) is 5. The molecule has 0 spiro atoms. The van der Waals surface area contributed by atoms with E-state index in [2.05, 4.69) is 10.2 Å². The molecule has 3 rings (SSSR count). The predicted octanol–water partition coefficient (Wildman–Crippen LogP) is 4.22. The summed E-state index contributed by atoms with van der Waals surface area (Å²) in [5.74, 6) is -0.780. The number of benzene rings is 1. The van der Waals surface area contributed by atoms with E-state index in [9.17, 15) is 18.0 Å². The fourth-order valence-corrected chi connectivity index (χ4v) is 3.74. The molecule has 1 aliphatic rings. The lowest BCUT2D eigenvalue weighted by molar-refractivity contribution is -0.157. The van der Waals surface area contributed by atoms with Crippen LogP contribution in [0.2, 0.25) is 0 Å². The minimum Gasteiger partial charge on any atom is -0.417 e. The van der Waals surface area contributed by atoms with Gasteiger partial charge in [0.15, 0.2) is 0 Å². The van der Waals surface area contributed by atoms with Crippen molar-refractivity contribution in [3.63, 3.8) is 0 Å². The number of aromatic nitrogens is 2. The minimum absolute atomic E-state index is 0.00800. The molecule has 0 bridgehead atoms. The maximum Gasteiger partial charge on any atom is 0.470 e. The fraction of sp³-hybridized carbons (Fsp3) is 0.471. The summed E-state index contributed by atoms with van der Waals surface area (Å²) in [6.45, 7) is 2.91. The maximum absolute atomic E-state index is 12.8. The Labute approximate surface area is 153 Å². The Bertz CT molecular complexity index is 771. The Morgan fingerprint density at radius 3 is 2.58 bits per heavy atom. The number of thioether (sulfide) groups is 1. The van der Waals surface area contributed by atoms with Gasteiger partial charge in [-0.15, -0.1) is 22.0 Å². The van der Waals surface area contributed by atoms with Crippen molar-refractivity contribution in [2.45, 2.75) is 36.8 Å². The van der Waals surface area contributed by atoms with Gasteiger partial charge in [-0.05, 0) is 30.7 Å². The summed E-state index contributed by atoms with van der Waals surface area (Å²) in [5, 5.41) is 6.60. The van der Waals surface area contributed by atoms with E-state index in [1.54, 1.807) is 22.7 Å². The van der Waals surface area contributed by atoms with Crippen molar-refractivity contribution in [1.82, 2.24) is 15.1 Å². The van der Waals surface area contributed by atoms with Crippen molar-refractivity contribution in [2.75, 3.05) is 18.8 Å². The second kappa shape index (κ2) is 7.69. The molecule has 1 aromatic heterocycles. The number of nitrogens with zero attached hydrogens (tertiary/aromatic N) is 3. The summed E-state index contributed by atoms with van der Waals surface area (Å²) in [7, 11) is 0. The van der Waals surface area contributed by atoms with Crippen LogP contribution in [-0.2, 0) is 6.18 Å². The zero-order chi connectivity index (χ0) is 18.7. The van der Waals surface area contributed by atoms with Crippen LogP contribution in [0.3, 0.4) is 0 Å². The van der Waals surface area contributed by atoms with Gasteiger partial charge in [-0.1, -0.05) is 19.1 Å². The third kappa shape index (κ3) is 4.03. The Morgan fingerprint density at radius 2 is 1.96 bits per heavy atom. The van der Waals surface area contributed by atoms with Gasteiger partial charge < -0.3 is 9.32 Å². The topological polar surface area (TPSA) is 59.2 Å². The molecule has 9 heteroatoms. The zero-order valence-electron chi connectivity index (χ0n) is 14.1. The highest BCUT2D eigenvalue weighted by Gasteiger charge is 2.39. The van der Waals surface area contributed by atoms with E-state index in [0.717, 1.165) is 10.6 Å². The molecule has 0 unspecified atom stereocenters. The normalized spacial score (nSPS) is 16.1. The molecule has 0 atom stereocenters. The molecule has 0 saturated carbocycles. The van der Waals surface area contributed by atoms with E-state index in [1.807, 2.05) is 25.1 Å². The van der Waals surface area contributed by atoms with Gasteiger partial charge in [-0.25, -0.2) is 0 Å². The molecular formula is C17H18F3N3O2S. The number of halogens is 3. The van der Waals surface area contributed by atoms with E-state index in [1.165, 1.54) is 0 Å². The first-order chi connectivity index (χ1) is 12.4. The monoisotopic (exact) mass is 385 g/mol. The smallest absolute Gasteiger partial charge is 0.417 e. The number of amides is 1. The molecule has 1 aliphatic heterocycles. The van der Waals surface area contributed by atoms with Crippen molar-refractivity contribution in [2.24, 2.45) is 0 Å². The third-order valence-electron chi connectivity index (χ3n) is 4.23. The summed E-state index contributed by atoms with van der Waals surface area (Å²) in [4.78, 5) is 15.5. The lowest BCUT2D eigenvalue weighted by Gasteiger charge is -2.31. The van der Waals surface area contributed by atoms with Crippen LogP contribution in [0.1, 0.15) is 47.8 Å². The van der Waals surface area contributed by atoms with Gasteiger partial charge in [0.1, 0.15) is 0 Å². The molecule has 5 nitrogen and oxygen atoms in total. The van der Waals surface area contributed by atoms with Crippen molar-refractivity contribution in [3.05, 3.63) is 41.6 Å². The molecule has 140 valence electrons. The van der Waals surface area contributed by atoms with Crippen LogP contribution >= 0.6 is 11.8 Å². The number of hydrogen-bond donors (Lipinski definition) is 0. The number of carbonyl (C=O) groups excluding carboxylic acids is 1. The summed E-state index contributed by atoms with van der Waals surface area (Å²) in [6.07, 6.45) is -3.65. The molecule has 1 aromatic carbocycles. The van der Waals surface area contributed by atoms with Crippen LogP contribution in [0.5, 0.6) is 0 Å². The molecule has 1 saturated heterocycles. The molecular weight excluding hydrogens is 367 g/mol. The van der Waals surface area contributed by atoms with Crippen LogP contribution in [0, 0.1) is 0 Å². The molecule has 2 heterocycles. The largest absolute Gasteiger partial charge is 0.470 e. The quantitative estimate of drug-likeness (QED) is 0.738. The summed E-state index contributed by atoms with van der Waals surface area (Å²) >= 11 is 1.61. The average molecular weight is 385 g/mol. The van der Waals surface area contributed by atoms with E-state index in [0.29, 0.717) is 31.5 Å². The lowest BCUT2D eigenvalue weighted by Crippen LogP contribution is -2.38. The average Bonchev–Trinajstić information content (AvgIpc) is 3.13. The number of likely N-dealkylation sites (tertiary alicyclic amines) is 1. The van der Waals surface area contributed by atoms with Crippen LogP contribution in [-0.4, -0.2) is 39.8 Å². The van der Waals surface area contributed by atoms with Crippen molar-refractivity contribution in [1.29, 1.82) is 0 Å². The Morgan fingerprint density at radius 1 is 1.27 bits per heavy atom. The highest BCUT2D eigenvalue weighted by atomic mass is 32.2. The van der Waals surface area contributed by atoms with Gasteiger partial charge in [0, 0.05) is 23.9 Å². The molecule has 0 radical (unpaired) electrons. The SMILES string of the molecule is CCSc1ccccc1C(=O)N1CCC(c2nnc(C(F)(F)F)o2)CC1. The van der Waals surface area contributed by atoms with E-state index >= 15 is 0 Å². The third-order valence-corrected chi connectivity index (χ3v) is 5.19. The van der Waals surface area contributed by atoms with Gasteiger partial charge in [0.2, 0.25) is 5.89 Å². The maximum atomic E-state index is 12.8. The molecule has 1 fully saturated rings.